The molecule has 0 radical (unpaired) electrons. The summed E-state index contributed by atoms with van der Waals surface area (Å²) in [4.78, 5) is 11.9. The number of hydrogen-bond acceptors (Lipinski definition) is 4. The zero-order valence-electron chi connectivity index (χ0n) is 12.2. The predicted molar refractivity (Wildman–Crippen MR) is 78.8 cm³/mol. The van der Waals surface area contributed by atoms with Gasteiger partial charge in [0.05, 0.1) is 23.8 Å². The number of amides is 1. The summed E-state index contributed by atoms with van der Waals surface area (Å²) in [5.41, 5.74) is 1.13. The van der Waals surface area contributed by atoms with Crippen molar-refractivity contribution in [2.45, 2.75) is 37.9 Å². The lowest BCUT2D eigenvalue weighted by atomic mass is 9.95. The van der Waals surface area contributed by atoms with E-state index in [-0.39, 0.29) is 24.7 Å². The van der Waals surface area contributed by atoms with Crippen molar-refractivity contribution in [1.82, 2.24) is 0 Å². The van der Waals surface area contributed by atoms with E-state index in [1.807, 2.05) is 6.07 Å². The minimum atomic E-state index is -0.204. The highest BCUT2D eigenvalue weighted by Gasteiger charge is 2.22. The summed E-state index contributed by atoms with van der Waals surface area (Å²) in [6, 6.07) is 8.86. The van der Waals surface area contributed by atoms with Crippen LogP contribution in [0.15, 0.2) is 24.3 Å². The van der Waals surface area contributed by atoms with Crippen LogP contribution in [0.1, 0.15) is 31.2 Å². The molecule has 1 aliphatic carbocycles. The first kappa shape index (κ1) is 15.5. The van der Waals surface area contributed by atoms with Gasteiger partial charge in [0.15, 0.2) is 0 Å². The van der Waals surface area contributed by atoms with Gasteiger partial charge >= 0.3 is 0 Å². The number of carbonyl (C=O) groups excluding carboxylic acids is 1. The third-order valence-electron chi connectivity index (χ3n) is 3.64. The van der Waals surface area contributed by atoms with Crippen molar-refractivity contribution in [3.63, 3.8) is 0 Å². The van der Waals surface area contributed by atoms with Crippen molar-refractivity contribution >= 4 is 11.6 Å². The second-order valence-corrected chi connectivity index (χ2v) is 5.20. The highest BCUT2D eigenvalue weighted by atomic mass is 16.5. The van der Waals surface area contributed by atoms with Crippen molar-refractivity contribution in [3.05, 3.63) is 29.8 Å². The van der Waals surface area contributed by atoms with E-state index in [1.165, 1.54) is 0 Å². The molecule has 0 bridgehead atoms. The van der Waals surface area contributed by atoms with Gasteiger partial charge in [0.25, 0.3) is 0 Å². The quantitative estimate of drug-likeness (QED) is 0.903. The molecule has 5 nitrogen and oxygen atoms in total. The molecular weight excluding hydrogens is 268 g/mol. The first-order valence-corrected chi connectivity index (χ1v) is 7.15. The fourth-order valence-electron chi connectivity index (χ4n) is 2.52. The molecule has 0 spiro atoms. The highest BCUT2D eigenvalue weighted by Crippen LogP contribution is 2.23. The number of benzene rings is 1. The van der Waals surface area contributed by atoms with E-state index in [0.717, 1.165) is 25.7 Å². The van der Waals surface area contributed by atoms with Gasteiger partial charge in [-0.15, -0.1) is 0 Å². The molecule has 0 aliphatic heterocycles. The van der Waals surface area contributed by atoms with E-state index in [4.69, 9.17) is 14.7 Å². The van der Waals surface area contributed by atoms with Gasteiger partial charge < -0.3 is 14.8 Å². The zero-order valence-corrected chi connectivity index (χ0v) is 12.2. The molecule has 1 saturated carbocycles. The average Bonchev–Trinajstić information content (AvgIpc) is 2.53. The first-order valence-electron chi connectivity index (χ1n) is 7.15. The van der Waals surface area contributed by atoms with Gasteiger partial charge in [0.1, 0.15) is 6.61 Å². The molecule has 5 heteroatoms. The molecule has 21 heavy (non-hydrogen) atoms. The molecule has 112 valence electrons. The summed E-state index contributed by atoms with van der Waals surface area (Å²) < 4.78 is 11.0. The lowest BCUT2D eigenvalue weighted by Gasteiger charge is -2.27. The van der Waals surface area contributed by atoms with Gasteiger partial charge in [-0.05, 0) is 43.9 Å². The predicted octanol–water partition coefficient (Wildman–Crippen LogP) is 2.47. The van der Waals surface area contributed by atoms with E-state index in [9.17, 15) is 4.79 Å². The molecule has 0 aromatic heterocycles. The third kappa shape index (κ3) is 4.85. The maximum Gasteiger partial charge on any atom is 0.250 e. The molecule has 1 fully saturated rings. The second kappa shape index (κ2) is 7.77. The molecular formula is C16H20N2O3. The highest BCUT2D eigenvalue weighted by molar-refractivity contribution is 5.91. The Bertz CT molecular complexity index is 524. The SMILES string of the molecule is COC1CCCC(OCC(=O)Nc2cccc(C#N)c2)C1. The number of ether oxygens (including phenoxy) is 2. The van der Waals surface area contributed by atoms with Crippen LogP contribution in [0.5, 0.6) is 0 Å². The summed E-state index contributed by atoms with van der Waals surface area (Å²) in [6.45, 7) is 0.0257. The average molecular weight is 288 g/mol. The standard InChI is InChI=1S/C16H20N2O3/c1-20-14-6-3-7-15(9-14)21-11-16(19)18-13-5-2-4-12(8-13)10-17/h2,4-5,8,14-15H,3,6-7,9,11H2,1H3,(H,18,19). The van der Waals surface area contributed by atoms with E-state index >= 15 is 0 Å². The van der Waals surface area contributed by atoms with Gasteiger partial charge in [-0.2, -0.15) is 5.26 Å². The number of carbonyl (C=O) groups is 1. The van der Waals surface area contributed by atoms with Crippen molar-refractivity contribution < 1.29 is 14.3 Å². The van der Waals surface area contributed by atoms with Crippen LogP contribution in [0.3, 0.4) is 0 Å². The van der Waals surface area contributed by atoms with E-state index in [2.05, 4.69) is 5.32 Å². The van der Waals surface area contributed by atoms with E-state index in [0.29, 0.717) is 11.3 Å². The molecule has 0 saturated heterocycles. The Kier molecular flexibility index (Phi) is 5.73. The van der Waals surface area contributed by atoms with Gasteiger partial charge in [0.2, 0.25) is 5.91 Å². The maximum absolute atomic E-state index is 11.9. The van der Waals surface area contributed by atoms with Crippen molar-refractivity contribution in [1.29, 1.82) is 5.26 Å². The lowest BCUT2D eigenvalue weighted by molar-refractivity contribution is -0.124. The number of hydrogen-bond donors (Lipinski definition) is 1. The van der Waals surface area contributed by atoms with Crippen LogP contribution in [0.2, 0.25) is 0 Å². The van der Waals surface area contributed by atoms with Crippen LogP contribution in [-0.2, 0) is 14.3 Å². The first-order chi connectivity index (χ1) is 10.2. The van der Waals surface area contributed by atoms with Crippen LogP contribution in [0, 0.1) is 11.3 Å². The molecule has 1 aromatic carbocycles. The Morgan fingerprint density at radius 2 is 2.24 bits per heavy atom. The summed E-state index contributed by atoms with van der Waals surface area (Å²) in [6.07, 6.45) is 4.25. The Hall–Kier alpha value is -1.90. The van der Waals surface area contributed by atoms with Crippen LogP contribution in [0.4, 0.5) is 5.69 Å². The Morgan fingerprint density at radius 3 is 3.00 bits per heavy atom. The second-order valence-electron chi connectivity index (χ2n) is 5.20. The summed E-state index contributed by atoms with van der Waals surface area (Å²) in [5, 5.41) is 11.6. The van der Waals surface area contributed by atoms with Crippen LogP contribution < -0.4 is 5.32 Å². The van der Waals surface area contributed by atoms with Crippen molar-refractivity contribution in [3.8, 4) is 6.07 Å². The number of nitrogens with zero attached hydrogens (tertiary/aromatic N) is 1. The molecule has 1 amide bonds. The zero-order chi connectivity index (χ0) is 15.1. The Morgan fingerprint density at radius 1 is 1.43 bits per heavy atom. The number of anilines is 1. The number of nitrogens with one attached hydrogen (secondary N) is 1. The molecule has 0 heterocycles. The van der Waals surface area contributed by atoms with Crippen molar-refractivity contribution in [2.24, 2.45) is 0 Å². The van der Waals surface area contributed by atoms with Crippen LogP contribution in [0.25, 0.3) is 0 Å². The minimum Gasteiger partial charge on any atom is -0.381 e. The maximum atomic E-state index is 11.9. The molecule has 1 aromatic rings. The fraction of sp³-hybridized carbons (Fsp3) is 0.500. The molecule has 1 aliphatic rings. The van der Waals surface area contributed by atoms with Crippen LogP contribution in [-0.4, -0.2) is 31.8 Å². The number of nitriles is 1. The van der Waals surface area contributed by atoms with E-state index < -0.39 is 0 Å². The summed E-state index contributed by atoms with van der Waals surface area (Å²) >= 11 is 0. The van der Waals surface area contributed by atoms with Gasteiger partial charge in [-0.25, -0.2) is 0 Å². The Balaban J connectivity index is 1.78. The van der Waals surface area contributed by atoms with Crippen LogP contribution >= 0.6 is 0 Å². The number of rotatable bonds is 5. The lowest BCUT2D eigenvalue weighted by Crippen LogP contribution is -2.30. The third-order valence-corrected chi connectivity index (χ3v) is 3.64. The summed E-state index contributed by atoms with van der Waals surface area (Å²) in [5.74, 6) is -0.204. The smallest absolute Gasteiger partial charge is 0.250 e. The van der Waals surface area contributed by atoms with Gasteiger partial charge in [-0.3, -0.25) is 4.79 Å². The van der Waals surface area contributed by atoms with E-state index in [1.54, 1.807) is 31.4 Å². The molecule has 1 N–H and O–H groups in total. The summed E-state index contributed by atoms with van der Waals surface area (Å²) in [7, 11) is 1.71. The normalized spacial score (nSPS) is 21.5. The molecule has 2 atom stereocenters. The van der Waals surface area contributed by atoms with Gasteiger partial charge in [-0.1, -0.05) is 6.07 Å². The minimum absolute atomic E-state index is 0.0257. The van der Waals surface area contributed by atoms with Gasteiger partial charge in [0, 0.05) is 12.8 Å². The fourth-order valence-corrected chi connectivity index (χ4v) is 2.52. The number of methoxy groups -OCH3 is 1. The Labute approximate surface area is 124 Å². The largest absolute Gasteiger partial charge is 0.381 e. The topological polar surface area (TPSA) is 71.3 Å². The molecule has 2 unspecified atom stereocenters. The monoisotopic (exact) mass is 288 g/mol. The van der Waals surface area contributed by atoms with Crippen molar-refractivity contribution in [2.75, 3.05) is 19.0 Å². The molecule has 2 rings (SSSR count).